The SMILES string of the molecule is CC.CC.POCCc1nc2cnc3ccccc3c2s1. The Balaban J connectivity index is 0.000000510. The Morgan fingerprint density at radius 3 is 2.52 bits per heavy atom. The van der Waals surface area contributed by atoms with Crippen LogP contribution in [0.4, 0.5) is 0 Å². The van der Waals surface area contributed by atoms with Crippen LogP contribution in [0.5, 0.6) is 0 Å². The standard InChI is InChI=1S/C12H11N2OPS.2C2H6/c16-15-6-5-11-14-10-7-13-9-4-2-1-3-8(9)12(10)17-11;2*1-2/h1-4,7H,5-6,16H2;2*1-2H3. The minimum atomic E-state index is 0.676. The Labute approximate surface area is 133 Å². The van der Waals surface area contributed by atoms with Gasteiger partial charge in [0.05, 0.1) is 28.0 Å². The molecule has 1 aromatic carbocycles. The molecule has 3 aromatic rings. The van der Waals surface area contributed by atoms with E-state index in [1.54, 1.807) is 11.3 Å². The third kappa shape index (κ3) is 4.44. The van der Waals surface area contributed by atoms with E-state index in [1.165, 1.54) is 10.1 Å². The molecular formula is C16H23N2OPS. The molecule has 3 nitrogen and oxygen atoms in total. The number of hydrogen-bond acceptors (Lipinski definition) is 4. The molecule has 1 atom stereocenters. The highest BCUT2D eigenvalue weighted by Crippen LogP contribution is 2.28. The van der Waals surface area contributed by atoms with Gasteiger partial charge in [0.1, 0.15) is 5.52 Å². The zero-order valence-electron chi connectivity index (χ0n) is 13.1. The summed E-state index contributed by atoms with van der Waals surface area (Å²) in [5.74, 6) is 0. The number of fused-ring (bicyclic) bond motifs is 3. The fraction of sp³-hybridized carbons (Fsp3) is 0.375. The van der Waals surface area contributed by atoms with Gasteiger partial charge in [-0.05, 0) is 6.07 Å². The Bertz CT molecular complexity index is 669. The average Bonchev–Trinajstić information content (AvgIpc) is 3.00. The molecule has 114 valence electrons. The van der Waals surface area contributed by atoms with Gasteiger partial charge in [0.15, 0.2) is 0 Å². The lowest BCUT2D eigenvalue weighted by molar-refractivity contribution is 0.377. The van der Waals surface area contributed by atoms with Crippen molar-refractivity contribution in [2.24, 2.45) is 0 Å². The predicted octanol–water partition coefficient (Wildman–Crippen LogP) is 5.25. The summed E-state index contributed by atoms with van der Waals surface area (Å²) in [5, 5.41) is 2.28. The summed E-state index contributed by atoms with van der Waals surface area (Å²) in [7, 11) is 2.26. The maximum absolute atomic E-state index is 5.00. The van der Waals surface area contributed by atoms with Crippen molar-refractivity contribution in [1.82, 2.24) is 9.97 Å². The number of para-hydroxylation sites is 1. The summed E-state index contributed by atoms with van der Waals surface area (Å²) in [6, 6.07) is 8.17. The van der Waals surface area contributed by atoms with Gasteiger partial charge in [0.25, 0.3) is 0 Å². The van der Waals surface area contributed by atoms with E-state index >= 15 is 0 Å². The van der Waals surface area contributed by atoms with Crippen LogP contribution >= 0.6 is 20.8 Å². The van der Waals surface area contributed by atoms with E-state index in [0.717, 1.165) is 22.5 Å². The number of aromatic nitrogens is 2. The zero-order valence-corrected chi connectivity index (χ0v) is 15.1. The Hall–Kier alpha value is -1.09. The second-order valence-corrected chi connectivity index (χ2v) is 5.14. The number of thiazole rings is 1. The molecule has 21 heavy (non-hydrogen) atoms. The molecule has 0 aliphatic rings. The summed E-state index contributed by atoms with van der Waals surface area (Å²) in [4.78, 5) is 8.98. The fourth-order valence-electron chi connectivity index (χ4n) is 1.82. The molecule has 0 saturated carbocycles. The molecule has 0 fully saturated rings. The van der Waals surface area contributed by atoms with Gasteiger partial charge in [-0.1, -0.05) is 45.9 Å². The second kappa shape index (κ2) is 9.78. The molecule has 0 aliphatic heterocycles. The molecule has 0 radical (unpaired) electrons. The highest BCUT2D eigenvalue weighted by Gasteiger charge is 2.07. The molecule has 5 heteroatoms. The Kier molecular flexibility index (Phi) is 8.36. The van der Waals surface area contributed by atoms with Crippen molar-refractivity contribution >= 4 is 41.9 Å². The first-order chi connectivity index (χ1) is 10.4. The van der Waals surface area contributed by atoms with Crippen molar-refractivity contribution in [1.29, 1.82) is 0 Å². The predicted molar refractivity (Wildman–Crippen MR) is 97.0 cm³/mol. The first-order valence-corrected chi connectivity index (χ1v) is 8.62. The first-order valence-electron chi connectivity index (χ1n) is 7.33. The van der Waals surface area contributed by atoms with E-state index in [0.29, 0.717) is 6.61 Å². The third-order valence-corrected chi connectivity index (χ3v) is 4.01. The van der Waals surface area contributed by atoms with Crippen molar-refractivity contribution in [3.63, 3.8) is 0 Å². The van der Waals surface area contributed by atoms with E-state index in [1.807, 2.05) is 52.1 Å². The van der Waals surface area contributed by atoms with E-state index in [9.17, 15) is 0 Å². The van der Waals surface area contributed by atoms with E-state index in [4.69, 9.17) is 4.52 Å². The average molecular weight is 322 g/mol. The summed E-state index contributed by atoms with van der Waals surface area (Å²) < 4.78 is 6.21. The normalized spacial score (nSPS) is 9.76. The highest BCUT2D eigenvalue weighted by atomic mass is 32.1. The molecule has 0 aliphatic carbocycles. The van der Waals surface area contributed by atoms with Gasteiger partial charge >= 0.3 is 0 Å². The highest BCUT2D eigenvalue weighted by molar-refractivity contribution is 7.19. The van der Waals surface area contributed by atoms with Crippen LogP contribution in [0, 0.1) is 0 Å². The summed E-state index contributed by atoms with van der Waals surface area (Å²) in [6.07, 6.45) is 2.69. The zero-order chi connectivity index (χ0) is 15.7. The first kappa shape index (κ1) is 18.0. The lowest BCUT2D eigenvalue weighted by atomic mass is 10.2. The Morgan fingerprint density at radius 1 is 1.10 bits per heavy atom. The van der Waals surface area contributed by atoms with Crippen LogP contribution in [0.3, 0.4) is 0 Å². The van der Waals surface area contributed by atoms with Crippen LogP contribution in [-0.2, 0) is 10.9 Å². The van der Waals surface area contributed by atoms with Crippen LogP contribution in [0.1, 0.15) is 32.7 Å². The maximum Gasteiger partial charge on any atom is 0.100 e. The molecule has 0 N–H and O–H groups in total. The smallest absolute Gasteiger partial charge is 0.100 e. The minimum Gasteiger partial charge on any atom is -0.365 e. The van der Waals surface area contributed by atoms with Crippen LogP contribution < -0.4 is 0 Å². The van der Waals surface area contributed by atoms with E-state index in [-0.39, 0.29) is 0 Å². The molecule has 0 saturated heterocycles. The number of rotatable bonds is 3. The number of pyridine rings is 1. The van der Waals surface area contributed by atoms with Crippen molar-refractivity contribution in [3.05, 3.63) is 35.5 Å². The molecule has 2 heterocycles. The van der Waals surface area contributed by atoms with Crippen molar-refractivity contribution < 1.29 is 4.52 Å². The lowest BCUT2D eigenvalue weighted by Crippen LogP contribution is -1.89. The van der Waals surface area contributed by atoms with Crippen molar-refractivity contribution in [2.45, 2.75) is 34.1 Å². The lowest BCUT2D eigenvalue weighted by Gasteiger charge is -1.95. The largest absolute Gasteiger partial charge is 0.365 e. The second-order valence-electron chi connectivity index (χ2n) is 3.72. The van der Waals surface area contributed by atoms with E-state index < -0.39 is 0 Å². The molecule has 1 unspecified atom stereocenters. The van der Waals surface area contributed by atoms with Gasteiger partial charge in [-0.15, -0.1) is 11.3 Å². The minimum absolute atomic E-state index is 0.676. The van der Waals surface area contributed by atoms with Crippen LogP contribution in [-0.4, -0.2) is 16.6 Å². The van der Waals surface area contributed by atoms with Gasteiger partial charge in [-0.3, -0.25) is 4.98 Å². The van der Waals surface area contributed by atoms with E-state index in [2.05, 4.69) is 25.5 Å². The van der Waals surface area contributed by atoms with Gasteiger partial charge in [0, 0.05) is 21.3 Å². The van der Waals surface area contributed by atoms with Gasteiger partial charge < -0.3 is 4.52 Å². The van der Waals surface area contributed by atoms with Gasteiger partial charge in [0.2, 0.25) is 0 Å². The van der Waals surface area contributed by atoms with Crippen molar-refractivity contribution in [2.75, 3.05) is 6.61 Å². The van der Waals surface area contributed by atoms with Crippen LogP contribution in [0.2, 0.25) is 0 Å². The molecule has 0 amide bonds. The maximum atomic E-state index is 5.00. The van der Waals surface area contributed by atoms with Gasteiger partial charge in [-0.2, -0.15) is 0 Å². The third-order valence-electron chi connectivity index (χ3n) is 2.61. The topological polar surface area (TPSA) is 35.0 Å². The Morgan fingerprint density at radius 2 is 1.81 bits per heavy atom. The molecule has 3 rings (SSSR count). The number of hydrogen-bond donors (Lipinski definition) is 0. The fourth-order valence-corrected chi connectivity index (χ4v) is 2.99. The molecule has 0 bridgehead atoms. The quantitative estimate of drug-likeness (QED) is 0.618. The summed E-state index contributed by atoms with van der Waals surface area (Å²) in [5.41, 5.74) is 2.00. The van der Waals surface area contributed by atoms with Crippen LogP contribution in [0.25, 0.3) is 21.1 Å². The van der Waals surface area contributed by atoms with Crippen LogP contribution in [0.15, 0.2) is 30.5 Å². The van der Waals surface area contributed by atoms with Gasteiger partial charge in [-0.25, -0.2) is 4.98 Å². The summed E-state index contributed by atoms with van der Waals surface area (Å²) in [6.45, 7) is 8.68. The molecule has 0 spiro atoms. The molecule has 2 aromatic heterocycles. The molecular weight excluding hydrogens is 299 g/mol. The number of benzene rings is 1. The van der Waals surface area contributed by atoms with Crippen molar-refractivity contribution in [3.8, 4) is 0 Å². The monoisotopic (exact) mass is 322 g/mol. The summed E-state index contributed by atoms with van der Waals surface area (Å²) >= 11 is 1.73. The number of nitrogens with zero attached hydrogens (tertiary/aromatic N) is 2.